The van der Waals surface area contributed by atoms with Crippen LogP contribution >= 0.6 is 0 Å². The molecule has 0 radical (unpaired) electrons. The average Bonchev–Trinajstić information content (AvgIpc) is 3.13. The highest BCUT2D eigenvalue weighted by molar-refractivity contribution is 5.92. The first kappa shape index (κ1) is 18.8. The first-order chi connectivity index (χ1) is 13.0. The second-order valence-electron chi connectivity index (χ2n) is 6.62. The lowest BCUT2D eigenvalue weighted by Gasteiger charge is -2.09. The lowest BCUT2D eigenvalue weighted by molar-refractivity contribution is 0.0945. The zero-order valence-corrected chi connectivity index (χ0v) is 15.3. The van der Waals surface area contributed by atoms with Gasteiger partial charge in [-0.1, -0.05) is 38.1 Å². The van der Waals surface area contributed by atoms with E-state index in [4.69, 9.17) is 5.11 Å². The van der Waals surface area contributed by atoms with Crippen LogP contribution < -0.4 is 5.32 Å². The molecule has 1 amide bonds. The van der Waals surface area contributed by atoms with E-state index >= 15 is 0 Å². The smallest absolute Gasteiger partial charge is 0.272 e. The van der Waals surface area contributed by atoms with Crippen LogP contribution in [0, 0.1) is 5.82 Å². The maximum Gasteiger partial charge on any atom is 0.272 e. The molecule has 0 fully saturated rings. The molecule has 2 N–H and O–H groups in total. The molecule has 0 saturated carbocycles. The second-order valence-corrected chi connectivity index (χ2v) is 6.62. The number of aromatic nitrogens is 2. The van der Waals surface area contributed by atoms with Gasteiger partial charge in [0.25, 0.3) is 5.91 Å². The van der Waals surface area contributed by atoms with E-state index < -0.39 is 5.82 Å². The van der Waals surface area contributed by atoms with Crippen molar-refractivity contribution in [2.45, 2.75) is 32.9 Å². The van der Waals surface area contributed by atoms with Crippen LogP contribution in [0.4, 0.5) is 4.39 Å². The first-order valence-corrected chi connectivity index (χ1v) is 8.81. The highest BCUT2D eigenvalue weighted by Crippen LogP contribution is 2.20. The van der Waals surface area contributed by atoms with Crippen molar-refractivity contribution < 1.29 is 14.3 Å². The molecule has 140 valence electrons. The maximum atomic E-state index is 13.5. The lowest BCUT2D eigenvalue weighted by atomic mass is 10.1. The molecule has 0 spiro atoms. The van der Waals surface area contributed by atoms with Crippen LogP contribution in [0.5, 0.6) is 0 Å². The maximum absolute atomic E-state index is 13.5. The van der Waals surface area contributed by atoms with Crippen molar-refractivity contribution in [2.24, 2.45) is 0 Å². The van der Waals surface area contributed by atoms with E-state index in [9.17, 15) is 9.18 Å². The zero-order valence-electron chi connectivity index (χ0n) is 15.3. The van der Waals surface area contributed by atoms with E-state index in [-0.39, 0.29) is 30.5 Å². The van der Waals surface area contributed by atoms with Crippen molar-refractivity contribution in [1.29, 1.82) is 0 Å². The van der Waals surface area contributed by atoms with Gasteiger partial charge in [0.1, 0.15) is 5.82 Å². The minimum absolute atomic E-state index is 0.198. The molecule has 1 aromatic heterocycles. The van der Waals surface area contributed by atoms with Crippen LogP contribution in [0.1, 0.15) is 47.1 Å². The predicted molar refractivity (Wildman–Crippen MR) is 101 cm³/mol. The average molecular weight is 367 g/mol. The van der Waals surface area contributed by atoms with Gasteiger partial charge in [-0.15, -0.1) is 0 Å². The molecule has 0 saturated heterocycles. The third-order valence-electron chi connectivity index (χ3n) is 4.30. The normalized spacial score (nSPS) is 11.0. The van der Waals surface area contributed by atoms with Crippen molar-refractivity contribution in [3.8, 4) is 5.69 Å². The standard InChI is InChI=1S/C21H22FN3O2/c1-14(2)20-11-19(24-25(20)17-6-4-3-5-7-17)21(27)23-12-15-8-9-18(22)16(10-15)13-26/h3-11,14,26H,12-13H2,1-2H3,(H,23,27). The van der Waals surface area contributed by atoms with Crippen molar-refractivity contribution in [3.63, 3.8) is 0 Å². The number of amides is 1. The zero-order chi connectivity index (χ0) is 19.4. The molecular formula is C21H22FN3O2. The number of carbonyl (C=O) groups is 1. The van der Waals surface area contributed by atoms with E-state index in [1.165, 1.54) is 12.1 Å². The van der Waals surface area contributed by atoms with Crippen LogP contribution in [0.2, 0.25) is 0 Å². The fourth-order valence-electron chi connectivity index (χ4n) is 2.83. The molecule has 27 heavy (non-hydrogen) atoms. The van der Waals surface area contributed by atoms with E-state index in [0.717, 1.165) is 11.4 Å². The summed E-state index contributed by atoms with van der Waals surface area (Å²) >= 11 is 0. The Kier molecular flexibility index (Phi) is 5.66. The summed E-state index contributed by atoms with van der Waals surface area (Å²) in [5.74, 6) is -0.569. The molecule has 0 atom stereocenters. The number of para-hydroxylation sites is 1. The predicted octanol–water partition coefficient (Wildman–Crippen LogP) is 3.56. The molecule has 0 bridgehead atoms. The van der Waals surface area contributed by atoms with Gasteiger partial charge in [0.2, 0.25) is 0 Å². The Bertz CT molecular complexity index is 936. The Balaban J connectivity index is 1.79. The van der Waals surface area contributed by atoms with Gasteiger partial charge in [0.05, 0.1) is 12.3 Å². The number of aliphatic hydroxyl groups is 1. The Labute approximate surface area is 157 Å². The molecular weight excluding hydrogens is 345 g/mol. The molecule has 5 nitrogen and oxygen atoms in total. The van der Waals surface area contributed by atoms with E-state index in [2.05, 4.69) is 10.4 Å². The minimum atomic E-state index is -0.462. The molecule has 2 aromatic carbocycles. The minimum Gasteiger partial charge on any atom is -0.392 e. The summed E-state index contributed by atoms with van der Waals surface area (Å²) in [7, 11) is 0. The number of nitrogens with one attached hydrogen (secondary N) is 1. The van der Waals surface area contributed by atoms with Crippen LogP contribution in [0.25, 0.3) is 5.69 Å². The van der Waals surface area contributed by atoms with Gasteiger partial charge < -0.3 is 10.4 Å². The van der Waals surface area contributed by atoms with E-state index in [0.29, 0.717) is 11.3 Å². The number of aliphatic hydroxyl groups excluding tert-OH is 1. The quantitative estimate of drug-likeness (QED) is 0.700. The van der Waals surface area contributed by atoms with Crippen molar-refractivity contribution in [3.05, 3.63) is 82.9 Å². The fourth-order valence-corrected chi connectivity index (χ4v) is 2.83. The molecule has 0 aliphatic rings. The second kappa shape index (κ2) is 8.14. The molecule has 0 aliphatic carbocycles. The fraction of sp³-hybridized carbons (Fsp3) is 0.238. The van der Waals surface area contributed by atoms with Crippen LogP contribution in [0.3, 0.4) is 0 Å². The van der Waals surface area contributed by atoms with E-state index in [1.54, 1.807) is 16.8 Å². The number of halogens is 1. The Morgan fingerprint density at radius 2 is 1.93 bits per heavy atom. The third-order valence-corrected chi connectivity index (χ3v) is 4.30. The van der Waals surface area contributed by atoms with Crippen molar-refractivity contribution >= 4 is 5.91 Å². The summed E-state index contributed by atoms with van der Waals surface area (Å²) < 4.78 is 15.2. The molecule has 0 unspecified atom stereocenters. The Hall–Kier alpha value is -2.99. The third kappa shape index (κ3) is 4.23. The number of hydrogen-bond acceptors (Lipinski definition) is 3. The van der Waals surface area contributed by atoms with Crippen molar-refractivity contribution in [2.75, 3.05) is 0 Å². The molecule has 3 aromatic rings. The van der Waals surface area contributed by atoms with Gasteiger partial charge in [-0.3, -0.25) is 4.79 Å². The van der Waals surface area contributed by atoms with Gasteiger partial charge in [0, 0.05) is 17.8 Å². The largest absolute Gasteiger partial charge is 0.392 e. The summed E-state index contributed by atoms with van der Waals surface area (Å²) in [6, 6.07) is 15.9. The lowest BCUT2D eigenvalue weighted by Crippen LogP contribution is -2.23. The number of benzene rings is 2. The summed E-state index contributed by atoms with van der Waals surface area (Å²) in [6.07, 6.45) is 0. The van der Waals surface area contributed by atoms with Gasteiger partial charge in [-0.2, -0.15) is 5.10 Å². The van der Waals surface area contributed by atoms with Crippen LogP contribution in [0.15, 0.2) is 54.6 Å². The molecule has 0 aliphatic heterocycles. The number of carbonyl (C=O) groups excluding carboxylic acids is 1. The Morgan fingerprint density at radius 1 is 1.19 bits per heavy atom. The molecule has 3 rings (SSSR count). The van der Waals surface area contributed by atoms with Crippen LogP contribution in [-0.2, 0) is 13.2 Å². The summed E-state index contributed by atoms with van der Waals surface area (Å²) in [4.78, 5) is 12.5. The SMILES string of the molecule is CC(C)c1cc(C(=O)NCc2ccc(F)c(CO)c2)nn1-c1ccccc1. The topological polar surface area (TPSA) is 67.2 Å². The molecule has 1 heterocycles. The number of nitrogens with zero attached hydrogens (tertiary/aromatic N) is 2. The van der Waals surface area contributed by atoms with Gasteiger partial charge in [-0.25, -0.2) is 9.07 Å². The van der Waals surface area contributed by atoms with Gasteiger partial charge in [0.15, 0.2) is 5.69 Å². The van der Waals surface area contributed by atoms with E-state index in [1.807, 2.05) is 44.2 Å². The molecule has 6 heteroatoms. The van der Waals surface area contributed by atoms with Gasteiger partial charge >= 0.3 is 0 Å². The highest BCUT2D eigenvalue weighted by atomic mass is 19.1. The number of rotatable bonds is 6. The van der Waals surface area contributed by atoms with Gasteiger partial charge in [-0.05, 0) is 41.8 Å². The number of hydrogen-bond donors (Lipinski definition) is 2. The summed E-state index contributed by atoms with van der Waals surface area (Å²) in [6.45, 7) is 3.94. The summed E-state index contributed by atoms with van der Waals surface area (Å²) in [5, 5.41) is 16.4. The summed E-state index contributed by atoms with van der Waals surface area (Å²) in [5.41, 5.74) is 3.08. The van der Waals surface area contributed by atoms with Crippen LogP contribution in [-0.4, -0.2) is 20.8 Å². The monoisotopic (exact) mass is 367 g/mol. The highest BCUT2D eigenvalue weighted by Gasteiger charge is 2.17. The first-order valence-electron chi connectivity index (χ1n) is 8.81. The Morgan fingerprint density at radius 3 is 2.59 bits per heavy atom. The van der Waals surface area contributed by atoms with Crippen molar-refractivity contribution in [1.82, 2.24) is 15.1 Å².